The van der Waals surface area contributed by atoms with Gasteiger partial charge in [-0.05, 0) is 17.9 Å². The molecule has 0 saturated carbocycles. The molecule has 1 N–H and O–H groups in total. The van der Waals surface area contributed by atoms with Crippen LogP contribution in [0.3, 0.4) is 0 Å². The Morgan fingerprint density at radius 2 is 2.00 bits per heavy atom. The number of rotatable bonds is 5. The molecule has 0 saturated heterocycles. The third-order valence-corrected chi connectivity index (χ3v) is 2.37. The Morgan fingerprint density at radius 1 is 1.45 bits per heavy atom. The predicted octanol–water partition coefficient (Wildman–Crippen LogP) is 2.19. The maximum atomic E-state index is 3.44. The monoisotopic (exact) mass is 155 g/mol. The highest BCUT2D eigenvalue weighted by molar-refractivity contribution is 6.30. The van der Waals surface area contributed by atoms with Crippen molar-refractivity contribution in [1.29, 1.82) is 0 Å². The van der Waals surface area contributed by atoms with Crippen LogP contribution in [-0.2, 0) is 0 Å². The Morgan fingerprint density at radius 3 is 2.36 bits per heavy atom. The third-order valence-electron chi connectivity index (χ3n) is 2.37. The first kappa shape index (κ1) is 11.0. The molecule has 0 fully saturated rings. The molecule has 0 aliphatic rings. The molecule has 0 aliphatic carbocycles. The molecule has 0 heterocycles. The van der Waals surface area contributed by atoms with Crippen LogP contribution in [0.4, 0.5) is 0 Å². The number of nitrogens with one attached hydrogen (secondary N) is 1. The van der Waals surface area contributed by atoms with Crippen molar-refractivity contribution in [2.24, 2.45) is 5.41 Å². The van der Waals surface area contributed by atoms with Crippen LogP contribution >= 0.6 is 0 Å². The first-order valence-corrected chi connectivity index (χ1v) is 4.75. The Labute approximate surface area is 72.2 Å². The van der Waals surface area contributed by atoms with E-state index in [-0.39, 0.29) is 0 Å². The Bertz CT molecular complexity index is 102. The van der Waals surface area contributed by atoms with E-state index in [1.807, 2.05) is 0 Å². The van der Waals surface area contributed by atoms with Crippen molar-refractivity contribution in [3.63, 3.8) is 0 Å². The van der Waals surface area contributed by atoms with Gasteiger partial charge in [-0.25, -0.2) is 0 Å². The molecule has 0 radical (unpaired) electrons. The first-order chi connectivity index (χ1) is 5.02. The minimum atomic E-state index is 0.502. The van der Waals surface area contributed by atoms with Crippen molar-refractivity contribution >= 4 is 7.41 Å². The van der Waals surface area contributed by atoms with E-state index < -0.39 is 0 Å². The van der Waals surface area contributed by atoms with Gasteiger partial charge in [-0.15, -0.1) is 0 Å². The van der Waals surface area contributed by atoms with Gasteiger partial charge in [0.15, 0.2) is 7.41 Å². The SMILES string of the molecule is CBNC(C)CC(C)(C)CC. The van der Waals surface area contributed by atoms with E-state index >= 15 is 0 Å². The van der Waals surface area contributed by atoms with E-state index in [4.69, 9.17) is 0 Å². The van der Waals surface area contributed by atoms with E-state index in [1.165, 1.54) is 12.8 Å². The highest BCUT2D eigenvalue weighted by atomic mass is 14.8. The van der Waals surface area contributed by atoms with Crippen LogP contribution < -0.4 is 5.23 Å². The van der Waals surface area contributed by atoms with Crippen LogP contribution in [0.2, 0.25) is 6.82 Å². The quantitative estimate of drug-likeness (QED) is 0.600. The minimum absolute atomic E-state index is 0.502. The Kier molecular flexibility index (Phi) is 4.82. The molecule has 0 aromatic heterocycles. The Hall–Kier alpha value is 0.0249. The fourth-order valence-electron chi connectivity index (χ4n) is 1.39. The molecule has 0 aliphatic heterocycles. The molecule has 66 valence electrons. The van der Waals surface area contributed by atoms with Gasteiger partial charge in [0.25, 0.3) is 0 Å². The van der Waals surface area contributed by atoms with Gasteiger partial charge in [0.05, 0.1) is 0 Å². The van der Waals surface area contributed by atoms with Crippen LogP contribution in [0, 0.1) is 5.41 Å². The molecule has 0 aromatic carbocycles. The van der Waals surface area contributed by atoms with Crippen LogP contribution in [0.5, 0.6) is 0 Å². The highest BCUT2D eigenvalue weighted by Gasteiger charge is 2.17. The normalized spacial score (nSPS) is 14.6. The van der Waals surface area contributed by atoms with E-state index in [1.54, 1.807) is 0 Å². The molecular weight excluding hydrogens is 133 g/mol. The van der Waals surface area contributed by atoms with Crippen molar-refractivity contribution in [2.75, 3.05) is 0 Å². The molecule has 1 atom stereocenters. The van der Waals surface area contributed by atoms with Crippen LogP contribution in [-0.4, -0.2) is 13.5 Å². The summed E-state index contributed by atoms with van der Waals surface area (Å²) in [6, 6.07) is 0.662. The molecule has 11 heavy (non-hydrogen) atoms. The molecule has 0 amide bonds. The average molecular weight is 155 g/mol. The van der Waals surface area contributed by atoms with Crippen molar-refractivity contribution in [3.05, 3.63) is 0 Å². The summed E-state index contributed by atoms with van der Waals surface area (Å²) < 4.78 is 0. The summed E-state index contributed by atoms with van der Waals surface area (Å²) in [7, 11) is 1.08. The van der Waals surface area contributed by atoms with Crippen molar-refractivity contribution in [3.8, 4) is 0 Å². The van der Waals surface area contributed by atoms with Gasteiger partial charge < -0.3 is 5.23 Å². The fraction of sp³-hybridized carbons (Fsp3) is 1.00. The van der Waals surface area contributed by atoms with E-state index in [0.29, 0.717) is 11.5 Å². The molecule has 1 nitrogen and oxygen atoms in total. The van der Waals surface area contributed by atoms with Gasteiger partial charge >= 0.3 is 0 Å². The molecule has 1 unspecified atom stereocenters. The summed E-state index contributed by atoms with van der Waals surface area (Å²) in [5.41, 5.74) is 0.502. The summed E-state index contributed by atoms with van der Waals surface area (Å²) in [4.78, 5) is 0. The second kappa shape index (κ2) is 4.81. The molecular formula is C9H22BN. The zero-order valence-electron chi connectivity index (χ0n) is 8.70. The predicted molar refractivity (Wildman–Crippen MR) is 54.3 cm³/mol. The van der Waals surface area contributed by atoms with Gasteiger partial charge in [-0.1, -0.05) is 40.9 Å². The lowest BCUT2D eigenvalue weighted by Gasteiger charge is -2.26. The van der Waals surface area contributed by atoms with Crippen molar-refractivity contribution in [2.45, 2.75) is 53.4 Å². The Balaban J connectivity index is 3.64. The van der Waals surface area contributed by atoms with E-state index in [9.17, 15) is 0 Å². The molecule has 0 bridgehead atoms. The van der Waals surface area contributed by atoms with Gasteiger partial charge in [0, 0.05) is 0 Å². The van der Waals surface area contributed by atoms with Gasteiger partial charge in [0.2, 0.25) is 0 Å². The zero-order valence-corrected chi connectivity index (χ0v) is 8.70. The smallest absolute Gasteiger partial charge is 0.198 e. The minimum Gasteiger partial charge on any atom is -0.357 e. The molecule has 0 spiro atoms. The largest absolute Gasteiger partial charge is 0.357 e. The maximum Gasteiger partial charge on any atom is 0.198 e. The maximum absolute atomic E-state index is 3.44. The second-order valence-electron chi connectivity index (χ2n) is 4.18. The summed E-state index contributed by atoms with van der Waals surface area (Å²) in [5.74, 6) is 0. The highest BCUT2D eigenvalue weighted by Crippen LogP contribution is 2.25. The standard InChI is InChI=1S/C9H22BN/c1-6-9(3,4)7-8(2)11-10-5/h8,10-11H,6-7H2,1-5H3. The topological polar surface area (TPSA) is 12.0 Å². The van der Waals surface area contributed by atoms with E-state index in [0.717, 1.165) is 7.41 Å². The summed E-state index contributed by atoms with van der Waals surface area (Å²) >= 11 is 0. The number of hydrogen-bond donors (Lipinski definition) is 1. The van der Waals surface area contributed by atoms with E-state index in [2.05, 4.69) is 39.7 Å². The van der Waals surface area contributed by atoms with Gasteiger partial charge in [-0.3, -0.25) is 0 Å². The molecule has 2 heteroatoms. The van der Waals surface area contributed by atoms with Crippen LogP contribution in [0.1, 0.15) is 40.5 Å². The first-order valence-electron chi connectivity index (χ1n) is 4.75. The van der Waals surface area contributed by atoms with Crippen LogP contribution in [0.15, 0.2) is 0 Å². The number of hydrogen-bond acceptors (Lipinski definition) is 1. The third kappa shape index (κ3) is 5.31. The van der Waals surface area contributed by atoms with Crippen LogP contribution in [0.25, 0.3) is 0 Å². The summed E-state index contributed by atoms with van der Waals surface area (Å²) in [5, 5.41) is 3.44. The molecule has 0 aromatic rings. The zero-order chi connectivity index (χ0) is 8.91. The van der Waals surface area contributed by atoms with Crippen molar-refractivity contribution in [1.82, 2.24) is 5.23 Å². The lowest BCUT2D eigenvalue weighted by molar-refractivity contribution is 0.293. The average Bonchev–Trinajstić information content (AvgIpc) is 1.87. The fourth-order valence-corrected chi connectivity index (χ4v) is 1.39. The van der Waals surface area contributed by atoms with Gasteiger partial charge in [0.1, 0.15) is 0 Å². The molecule has 0 rings (SSSR count). The second-order valence-corrected chi connectivity index (χ2v) is 4.18. The summed E-state index contributed by atoms with van der Waals surface area (Å²) in [6.45, 7) is 11.4. The lowest BCUT2D eigenvalue weighted by Crippen LogP contribution is -2.32. The lowest BCUT2D eigenvalue weighted by atomic mass is 9.82. The summed E-state index contributed by atoms with van der Waals surface area (Å²) in [6.07, 6.45) is 2.54. The van der Waals surface area contributed by atoms with Crippen molar-refractivity contribution < 1.29 is 0 Å². The van der Waals surface area contributed by atoms with Gasteiger partial charge in [-0.2, -0.15) is 0 Å².